The summed E-state index contributed by atoms with van der Waals surface area (Å²) in [5.74, 6) is -1.52. The van der Waals surface area contributed by atoms with Crippen LogP contribution in [0.2, 0.25) is 0 Å². The zero-order chi connectivity index (χ0) is 15.1. The van der Waals surface area contributed by atoms with Crippen molar-refractivity contribution < 1.29 is 23.9 Å². The molecule has 2 rings (SSSR count). The quantitative estimate of drug-likeness (QED) is 0.189. The highest BCUT2D eigenvalue weighted by Crippen LogP contribution is 2.49. The Bertz CT molecular complexity index is 594. The molecular weight excluding hydrogens is 306 g/mol. The Balaban J connectivity index is 2.46. The van der Waals surface area contributed by atoms with E-state index in [2.05, 4.69) is 4.79 Å². The Kier molecular flexibility index (Phi) is 3.73. The molecule has 0 radical (unpaired) electrons. The number of amides is 1. The Labute approximate surface area is 123 Å². The van der Waals surface area contributed by atoms with Crippen LogP contribution in [-0.2, 0) is 19.1 Å². The van der Waals surface area contributed by atoms with E-state index in [-0.39, 0.29) is 17.2 Å². The topological polar surface area (TPSA) is 100 Å². The molecule has 0 saturated carbocycles. The van der Waals surface area contributed by atoms with Crippen molar-refractivity contribution in [2.75, 3.05) is 5.75 Å². The third kappa shape index (κ3) is 2.15. The highest BCUT2D eigenvalue weighted by atomic mass is 35.5. The summed E-state index contributed by atoms with van der Waals surface area (Å²) in [6.07, 6.45) is 0.642. The van der Waals surface area contributed by atoms with Crippen LogP contribution in [0.15, 0.2) is 11.5 Å². The summed E-state index contributed by atoms with van der Waals surface area (Å²) in [5, 5.41) is -0.429. The Morgan fingerprint density at radius 1 is 1.65 bits per heavy atom. The van der Waals surface area contributed by atoms with Gasteiger partial charge in [0, 0.05) is 6.92 Å². The van der Waals surface area contributed by atoms with Crippen molar-refractivity contribution in [1.82, 2.24) is 4.90 Å². The lowest BCUT2D eigenvalue weighted by Gasteiger charge is -2.52. The van der Waals surface area contributed by atoms with Gasteiger partial charge in [0.1, 0.15) is 16.8 Å². The predicted octanol–water partition coefficient (Wildman–Crippen LogP) is 0.543. The largest absolute Gasteiger partial charge is 0.428 e. The fraction of sp³-hybridized carbons (Fsp3) is 0.455. The number of hydrogen-bond acceptors (Lipinski definition) is 5. The van der Waals surface area contributed by atoms with E-state index in [1.54, 1.807) is 6.92 Å². The third-order valence-electron chi connectivity index (χ3n) is 2.89. The molecular formula is C11H10ClN3O4S. The molecule has 0 aromatic carbocycles. The van der Waals surface area contributed by atoms with Gasteiger partial charge in [0.15, 0.2) is 4.87 Å². The first-order valence-corrected chi connectivity index (χ1v) is 7.01. The summed E-state index contributed by atoms with van der Waals surface area (Å²) >= 11 is 7.38. The van der Waals surface area contributed by atoms with E-state index in [1.807, 2.05) is 0 Å². The van der Waals surface area contributed by atoms with Gasteiger partial charge in [-0.2, -0.15) is 4.79 Å². The molecule has 0 aliphatic carbocycles. The predicted molar refractivity (Wildman–Crippen MR) is 70.8 cm³/mol. The molecule has 2 heterocycles. The standard InChI is InChI=1S/C11H10ClN3O4S/c1-5(16)19-7-4-20-10-11(2,12)9(18)15(10)8(7)6(17)3-14-13/h3,10H,4H2,1-2H3/t10-,11-/m0/s1. The van der Waals surface area contributed by atoms with Crippen LogP contribution >= 0.6 is 23.4 Å². The molecule has 0 aromatic heterocycles. The van der Waals surface area contributed by atoms with Gasteiger partial charge in [-0.25, -0.2) is 0 Å². The van der Waals surface area contributed by atoms with Crippen molar-refractivity contribution in [2.24, 2.45) is 0 Å². The van der Waals surface area contributed by atoms with Crippen LogP contribution in [-0.4, -0.2) is 49.6 Å². The van der Waals surface area contributed by atoms with Gasteiger partial charge in [0.2, 0.25) is 0 Å². The maximum Gasteiger partial charge on any atom is 0.329 e. The molecule has 20 heavy (non-hydrogen) atoms. The van der Waals surface area contributed by atoms with Crippen LogP contribution in [0.4, 0.5) is 0 Å². The summed E-state index contributed by atoms with van der Waals surface area (Å²) in [5.41, 5.74) is 8.35. The van der Waals surface area contributed by atoms with Crippen molar-refractivity contribution in [3.05, 3.63) is 17.0 Å². The second kappa shape index (κ2) is 5.05. The molecule has 2 aliphatic heterocycles. The summed E-state index contributed by atoms with van der Waals surface area (Å²) in [7, 11) is 0. The van der Waals surface area contributed by atoms with Crippen molar-refractivity contribution in [3.8, 4) is 0 Å². The Morgan fingerprint density at radius 3 is 2.85 bits per heavy atom. The number of carbonyl (C=O) groups is 3. The molecule has 0 bridgehead atoms. The van der Waals surface area contributed by atoms with Crippen LogP contribution < -0.4 is 0 Å². The number of ether oxygens (including phenoxy) is 1. The first-order valence-electron chi connectivity index (χ1n) is 5.58. The van der Waals surface area contributed by atoms with Crippen molar-refractivity contribution >= 4 is 47.2 Å². The molecule has 106 valence electrons. The normalized spacial score (nSPS) is 28.2. The smallest absolute Gasteiger partial charge is 0.329 e. The Morgan fingerprint density at radius 2 is 2.30 bits per heavy atom. The van der Waals surface area contributed by atoms with E-state index < -0.39 is 27.9 Å². The van der Waals surface area contributed by atoms with Gasteiger partial charge in [-0.05, 0) is 6.92 Å². The number of fused-ring (bicyclic) bond motifs is 1. The van der Waals surface area contributed by atoms with Gasteiger partial charge in [0.25, 0.3) is 11.7 Å². The molecule has 0 spiro atoms. The molecule has 0 aromatic rings. The van der Waals surface area contributed by atoms with Crippen LogP contribution in [0.3, 0.4) is 0 Å². The molecule has 1 fully saturated rings. The maximum atomic E-state index is 12.0. The summed E-state index contributed by atoms with van der Waals surface area (Å²) in [4.78, 5) is 37.7. The highest BCUT2D eigenvalue weighted by molar-refractivity contribution is 8.00. The van der Waals surface area contributed by atoms with Crippen molar-refractivity contribution in [1.29, 1.82) is 0 Å². The minimum atomic E-state index is -1.10. The van der Waals surface area contributed by atoms with Crippen LogP contribution in [0.5, 0.6) is 0 Å². The summed E-state index contributed by atoms with van der Waals surface area (Å²) < 4.78 is 4.96. The number of rotatable bonds is 3. The molecule has 7 nitrogen and oxygen atoms in total. The number of Topliss-reactive ketones (excluding diaryl/α,β-unsaturated/α-hetero) is 1. The number of allylic oxidation sites excluding steroid dienone is 1. The van der Waals surface area contributed by atoms with Gasteiger partial charge in [-0.15, -0.1) is 23.4 Å². The number of alkyl halides is 1. The van der Waals surface area contributed by atoms with E-state index in [9.17, 15) is 14.4 Å². The van der Waals surface area contributed by atoms with E-state index in [4.69, 9.17) is 21.9 Å². The zero-order valence-electron chi connectivity index (χ0n) is 10.6. The number of carbonyl (C=O) groups excluding carboxylic acids is 3. The average molecular weight is 316 g/mol. The van der Waals surface area contributed by atoms with E-state index in [1.165, 1.54) is 23.6 Å². The van der Waals surface area contributed by atoms with Gasteiger partial charge in [-0.1, -0.05) is 0 Å². The lowest BCUT2D eigenvalue weighted by Crippen LogP contribution is -2.69. The second-order valence-electron chi connectivity index (χ2n) is 4.39. The minimum Gasteiger partial charge on any atom is -0.428 e. The third-order valence-corrected chi connectivity index (χ3v) is 4.81. The fourth-order valence-corrected chi connectivity index (χ4v) is 3.70. The lowest BCUT2D eigenvalue weighted by atomic mass is 9.96. The van der Waals surface area contributed by atoms with E-state index in [0.717, 1.165) is 0 Å². The van der Waals surface area contributed by atoms with E-state index >= 15 is 0 Å². The molecule has 1 amide bonds. The SMILES string of the molecule is CC(=O)OC1=C(C(=O)C=[N+]=[N-])N2C(=O)[C@](C)(Cl)[C@@H]2SC1. The molecule has 0 unspecified atom stereocenters. The van der Waals surface area contributed by atoms with Gasteiger partial charge >= 0.3 is 12.2 Å². The second-order valence-corrected chi connectivity index (χ2v) is 6.24. The lowest BCUT2D eigenvalue weighted by molar-refractivity contribution is -0.146. The Hall–Kier alpha value is -1.63. The number of nitrogens with zero attached hydrogens (tertiary/aromatic N) is 3. The van der Waals surface area contributed by atoms with Crippen LogP contribution in [0.1, 0.15) is 13.8 Å². The zero-order valence-corrected chi connectivity index (χ0v) is 12.2. The van der Waals surface area contributed by atoms with Crippen molar-refractivity contribution in [3.63, 3.8) is 0 Å². The molecule has 0 N–H and O–H groups in total. The number of β-lactam (4-membered cyclic amide) rings is 1. The number of ketones is 1. The summed E-state index contributed by atoms with van der Waals surface area (Å²) in [6, 6.07) is 0. The highest BCUT2D eigenvalue weighted by Gasteiger charge is 2.61. The molecule has 1 saturated heterocycles. The number of halogens is 1. The first kappa shape index (κ1) is 14.8. The van der Waals surface area contributed by atoms with Crippen LogP contribution in [0, 0.1) is 0 Å². The number of hydrogen-bond donors (Lipinski definition) is 0. The number of thioether (sulfide) groups is 1. The van der Waals surface area contributed by atoms with E-state index in [0.29, 0.717) is 6.21 Å². The van der Waals surface area contributed by atoms with Crippen LogP contribution in [0.25, 0.3) is 5.53 Å². The molecule has 2 aliphatic rings. The number of esters is 1. The van der Waals surface area contributed by atoms with Gasteiger partial charge < -0.3 is 10.3 Å². The minimum absolute atomic E-state index is 0.0594. The monoisotopic (exact) mass is 315 g/mol. The summed E-state index contributed by atoms with van der Waals surface area (Å²) in [6.45, 7) is 2.75. The first-order chi connectivity index (χ1) is 9.30. The average Bonchev–Trinajstić information content (AvgIpc) is 2.37. The van der Waals surface area contributed by atoms with Gasteiger partial charge in [0.05, 0.1) is 5.75 Å². The fourth-order valence-electron chi connectivity index (χ4n) is 2.05. The maximum absolute atomic E-state index is 12.0. The molecule has 2 atom stereocenters. The van der Waals surface area contributed by atoms with Crippen molar-refractivity contribution in [2.45, 2.75) is 24.1 Å². The van der Waals surface area contributed by atoms with Gasteiger partial charge in [-0.3, -0.25) is 19.3 Å². The molecule has 9 heteroatoms.